The van der Waals surface area contributed by atoms with E-state index in [1.807, 2.05) is 13.0 Å². The molecule has 0 fully saturated rings. The van der Waals surface area contributed by atoms with E-state index in [1.54, 1.807) is 25.4 Å². The van der Waals surface area contributed by atoms with Gasteiger partial charge in [0.1, 0.15) is 0 Å². The third-order valence-corrected chi connectivity index (χ3v) is 1.79. The fourth-order valence-electron chi connectivity index (χ4n) is 0.922. The summed E-state index contributed by atoms with van der Waals surface area (Å²) in [6.07, 6.45) is 4.95. The summed E-state index contributed by atoms with van der Waals surface area (Å²) in [4.78, 5) is 14.4. The molecule has 0 bridgehead atoms. The molecule has 3 nitrogen and oxygen atoms in total. The van der Waals surface area contributed by atoms with Crippen LogP contribution in [0.3, 0.4) is 0 Å². The lowest BCUT2D eigenvalue weighted by Gasteiger charge is -1.98. The highest BCUT2D eigenvalue weighted by molar-refractivity contribution is 5.91. The van der Waals surface area contributed by atoms with Crippen molar-refractivity contribution < 1.29 is 9.90 Å². The van der Waals surface area contributed by atoms with E-state index in [0.717, 1.165) is 11.1 Å². The number of carboxylic acids is 1. The second-order valence-electron chi connectivity index (χ2n) is 2.86. The van der Waals surface area contributed by atoms with Crippen molar-refractivity contribution in [3.63, 3.8) is 0 Å². The fraction of sp³-hybridized carbons (Fsp3) is 0.200. The van der Waals surface area contributed by atoms with E-state index in [0.29, 0.717) is 5.57 Å². The van der Waals surface area contributed by atoms with Crippen molar-refractivity contribution in [3.05, 3.63) is 35.2 Å². The zero-order chi connectivity index (χ0) is 9.84. The van der Waals surface area contributed by atoms with Crippen LogP contribution in [0.4, 0.5) is 0 Å². The van der Waals surface area contributed by atoms with Gasteiger partial charge in [0, 0.05) is 18.0 Å². The van der Waals surface area contributed by atoms with E-state index in [4.69, 9.17) is 5.11 Å². The van der Waals surface area contributed by atoms with Gasteiger partial charge in [0.25, 0.3) is 0 Å². The number of pyridine rings is 1. The molecule has 1 N–H and O–H groups in total. The van der Waals surface area contributed by atoms with Crippen molar-refractivity contribution in [2.75, 3.05) is 0 Å². The third-order valence-electron chi connectivity index (χ3n) is 1.79. The van der Waals surface area contributed by atoms with Crippen LogP contribution < -0.4 is 0 Å². The van der Waals surface area contributed by atoms with Gasteiger partial charge in [-0.05, 0) is 37.1 Å². The number of nitrogens with zero attached hydrogens (tertiary/aromatic N) is 1. The normalized spacial score (nSPS) is 11.4. The maximum absolute atomic E-state index is 10.5. The van der Waals surface area contributed by atoms with E-state index < -0.39 is 5.97 Å². The first-order valence-electron chi connectivity index (χ1n) is 3.93. The second-order valence-corrected chi connectivity index (χ2v) is 2.86. The average molecular weight is 177 g/mol. The topological polar surface area (TPSA) is 50.2 Å². The maximum Gasteiger partial charge on any atom is 0.331 e. The largest absolute Gasteiger partial charge is 0.478 e. The van der Waals surface area contributed by atoms with Crippen LogP contribution in [0.25, 0.3) is 6.08 Å². The summed E-state index contributed by atoms with van der Waals surface area (Å²) in [6.45, 7) is 3.48. The molecule has 1 aromatic heterocycles. The number of carbonyl (C=O) groups is 1. The highest BCUT2D eigenvalue weighted by atomic mass is 16.4. The van der Waals surface area contributed by atoms with E-state index in [1.165, 1.54) is 0 Å². The fourth-order valence-corrected chi connectivity index (χ4v) is 0.922. The zero-order valence-corrected chi connectivity index (χ0v) is 7.61. The standard InChI is InChI=1S/C10H11NO2/c1-7-3-4-11-6-9(7)5-8(2)10(12)13/h3-6H,1-2H3,(H,12,13)/b8-5+. The van der Waals surface area contributed by atoms with E-state index in [2.05, 4.69) is 4.98 Å². The van der Waals surface area contributed by atoms with Crippen LogP contribution in [0.2, 0.25) is 0 Å². The van der Waals surface area contributed by atoms with E-state index >= 15 is 0 Å². The molecule has 1 heterocycles. The summed E-state index contributed by atoms with van der Waals surface area (Å²) in [6, 6.07) is 1.85. The molecular weight excluding hydrogens is 166 g/mol. The second kappa shape index (κ2) is 3.85. The van der Waals surface area contributed by atoms with Crippen molar-refractivity contribution in [1.82, 2.24) is 4.98 Å². The molecule has 0 spiro atoms. The Labute approximate surface area is 76.7 Å². The van der Waals surface area contributed by atoms with Crippen LogP contribution in [0.15, 0.2) is 24.0 Å². The summed E-state index contributed by atoms with van der Waals surface area (Å²) >= 11 is 0. The number of aryl methyl sites for hydroxylation is 1. The molecule has 0 aliphatic rings. The van der Waals surface area contributed by atoms with Crippen LogP contribution in [-0.4, -0.2) is 16.1 Å². The summed E-state index contributed by atoms with van der Waals surface area (Å²) in [5, 5.41) is 8.65. The van der Waals surface area contributed by atoms with Gasteiger partial charge < -0.3 is 5.11 Å². The van der Waals surface area contributed by atoms with Crippen LogP contribution in [0.1, 0.15) is 18.1 Å². The molecule has 0 aliphatic carbocycles. The first-order valence-corrected chi connectivity index (χ1v) is 3.93. The monoisotopic (exact) mass is 177 g/mol. The lowest BCUT2D eigenvalue weighted by Crippen LogP contribution is -1.96. The smallest absolute Gasteiger partial charge is 0.331 e. The molecule has 1 rings (SSSR count). The molecule has 0 aliphatic heterocycles. The Morgan fingerprint density at radius 2 is 2.31 bits per heavy atom. The molecular formula is C10H11NO2. The number of carboxylic acid groups (broad SMARTS) is 1. The Bertz CT molecular complexity index is 356. The van der Waals surface area contributed by atoms with Crippen LogP contribution in [-0.2, 0) is 4.79 Å². The van der Waals surface area contributed by atoms with Crippen molar-refractivity contribution in [3.8, 4) is 0 Å². The average Bonchev–Trinajstić information content (AvgIpc) is 2.08. The highest BCUT2D eigenvalue weighted by Crippen LogP contribution is 2.10. The van der Waals surface area contributed by atoms with Crippen molar-refractivity contribution in [2.24, 2.45) is 0 Å². The van der Waals surface area contributed by atoms with Gasteiger partial charge in [-0.3, -0.25) is 4.98 Å². The Morgan fingerprint density at radius 1 is 1.62 bits per heavy atom. The van der Waals surface area contributed by atoms with Gasteiger partial charge in [0.05, 0.1) is 0 Å². The minimum Gasteiger partial charge on any atom is -0.478 e. The third kappa shape index (κ3) is 2.40. The number of hydrogen-bond donors (Lipinski definition) is 1. The van der Waals surface area contributed by atoms with Gasteiger partial charge in [-0.15, -0.1) is 0 Å². The molecule has 0 radical (unpaired) electrons. The number of rotatable bonds is 2. The van der Waals surface area contributed by atoms with Crippen molar-refractivity contribution in [2.45, 2.75) is 13.8 Å². The quantitative estimate of drug-likeness (QED) is 0.701. The van der Waals surface area contributed by atoms with Gasteiger partial charge in [0.2, 0.25) is 0 Å². The lowest BCUT2D eigenvalue weighted by molar-refractivity contribution is -0.132. The van der Waals surface area contributed by atoms with Gasteiger partial charge in [0.15, 0.2) is 0 Å². The van der Waals surface area contributed by atoms with E-state index in [9.17, 15) is 4.79 Å². The first-order chi connectivity index (χ1) is 6.11. The molecule has 0 aromatic carbocycles. The predicted octanol–water partition coefficient (Wildman–Crippen LogP) is 1.88. The highest BCUT2D eigenvalue weighted by Gasteiger charge is 2.00. The van der Waals surface area contributed by atoms with Gasteiger partial charge >= 0.3 is 5.97 Å². The number of aliphatic carboxylic acids is 1. The Morgan fingerprint density at radius 3 is 2.85 bits per heavy atom. The predicted molar refractivity (Wildman–Crippen MR) is 50.3 cm³/mol. The minimum atomic E-state index is -0.900. The van der Waals surface area contributed by atoms with Crippen LogP contribution in [0, 0.1) is 6.92 Å². The molecule has 1 aromatic rings. The first kappa shape index (κ1) is 9.45. The Hall–Kier alpha value is -1.64. The Kier molecular flexibility index (Phi) is 2.80. The molecule has 13 heavy (non-hydrogen) atoms. The zero-order valence-electron chi connectivity index (χ0n) is 7.61. The van der Waals surface area contributed by atoms with Gasteiger partial charge in [-0.2, -0.15) is 0 Å². The van der Waals surface area contributed by atoms with E-state index in [-0.39, 0.29) is 0 Å². The molecule has 0 atom stereocenters. The summed E-state index contributed by atoms with van der Waals surface area (Å²) in [5.41, 5.74) is 2.19. The van der Waals surface area contributed by atoms with Gasteiger partial charge in [-0.25, -0.2) is 4.79 Å². The van der Waals surface area contributed by atoms with Crippen LogP contribution in [0.5, 0.6) is 0 Å². The van der Waals surface area contributed by atoms with Crippen molar-refractivity contribution in [1.29, 1.82) is 0 Å². The SMILES string of the molecule is C/C(=C\c1cnccc1C)C(=O)O. The molecule has 0 unspecified atom stereocenters. The summed E-state index contributed by atoms with van der Waals surface area (Å²) < 4.78 is 0. The number of aromatic nitrogens is 1. The van der Waals surface area contributed by atoms with Crippen LogP contribution >= 0.6 is 0 Å². The Balaban J connectivity index is 3.04. The molecule has 3 heteroatoms. The lowest BCUT2D eigenvalue weighted by atomic mass is 10.1. The van der Waals surface area contributed by atoms with Crippen molar-refractivity contribution >= 4 is 12.0 Å². The maximum atomic E-state index is 10.5. The van der Waals surface area contributed by atoms with Gasteiger partial charge in [-0.1, -0.05) is 0 Å². The molecule has 0 saturated heterocycles. The minimum absolute atomic E-state index is 0.316. The molecule has 68 valence electrons. The number of hydrogen-bond acceptors (Lipinski definition) is 2. The summed E-state index contributed by atoms with van der Waals surface area (Å²) in [5.74, 6) is -0.900. The molecule has 0 saturated carbocycles. The summed E-state index contributed by atoms with van der Waals surface area (Å²) in [7, 11) is 0. The molecule has 0 amide bonds.